The summed E-state index contributed by atoms with van der Waals surface area (Å²) >= 11 is 0. The van der Waals surface area contributed by atoms with Crippen molar-refractivity contribution in [2.45, 2.75) is 11.2 Å². The fourth-order valence-corrected chi connectivity index (χ4v) is 3.44. The molecule has 1 fully saturated rings. The van der Waals surface area contributed by atoms with Gasteiger partial charge in [0, 0.05) is 35.1 Å². The van der Waals surface area contributed by atoms with E-state index < -0.39 is 16.2 Å². The van der Waals surface area contributed by atoms with Gasteiger partial charge in [-0.05, 0) is 23.8 Å². The first-order valence-corrected chi connectivity index (χ1v) is 8.55. The lowest BCUT2D eigenvalue weighted by molar-refractivity contribution is 0.534. The van der Waals surface area contributed by atoms with Crippen LogP contribution in [0.25, 0.3) is 22.2 Å². The molecule has 3 aromatic heterocycles. The first-order chi connectivity index (χ1) is 11.5. The lowest BCUT2D eigenvalue weighted by Gasteiger charge is -2.17. The quantitative estimate of drug-likeness (QED) is 0.368. The van der Waals surface area contributed by atoms with Crippen LogP contribution in [0.5, 0.6) is 0 Å². The molecule has 0 unspecified atom stereocenters. The first kappa shape index (κ1) is 15.1. The number of primary sulfonamides is 1. The van der Waals surface area contributed by atoms with Crippen LogP contribution < -0.4 is 27.1 Å². The molecule has 0 spiro atoms. The van der Waals surface area contributed by atoms with Crippen LogP contribution in [0.15, 0.2) is 41.8 Å². The summed E-state index contributed by atoms with van der Waals surface area (Å²) in [5, 5.41) is 6.05. The molecular formula is C13H14N8O2S. The van der Waals surface area contributed by atoms with Crippen molar-refractivity contribution in [2.75, 3.05) is 0 Å². The van der Waals surface area contributed by atoms with E-state index in [2.05, 4.69) is 36.9 Å². The average Bonchev–Trinajstić information content (AvgIpc) is 3.24. The predicted molar refractivity (Wildman–Crippen MR) is 86.0 cm³/mol. The van der Waals surface area contributed by atoms with Crippen LogP contribution in [0.1, 0.15) is 11.7 Å². The number of nitrogens with one attached hydrogen (secondary N) is 5. The van der Waals surface area contributed by atoms with Gasteiger partial charge in [0.05, 0.1) is 0 Å². The third-order valence-corrected chi connectivity index (χ3v) is 4.58. The Balaban J connectivity index is 1.96. The van der Waals surface area contributed by atoms with Gasteiger partial charge in [0.15, 0.2) is 5.03 Å². The highest BCUT2D eigenvalue weighted by atomic mass is 32.2. The molecule has 10 nitrogen and oxygen atoms in total. The maximum Gasteiger partial charge on any atom is 0.255 e. The number of rotatable bonds is 3. The second kappa shape index (κ2) is 5.59. The summed E-state index contributed by atoms with van der Waals surface area (Å²) < 4.78 is 23.9. The smallest absolute Gasteiger partial charge is 0.255 e. The van der Waals surface area contributed by atoms with E-state index in [0.717, 1.165) is 16.6 Å². The Morgan fingerprint density at radius 2 is 1.92 bits per heavy atom. The molecule has 0 aromatic carbocycles. The van der Waals surface area contributed by atoms with E-state index in [1.54, 1.807) is 18.5 Å². The molecule has 1 aliphatic rings. The molecule has 1 aliphatic heterocycles. The Labute approximate surface area is 136 Å². The molecule has 124 valence electrons. The summed E-state index contributed by atoms with van der Waals surface area (Å²) in [7, 11) is -4.01. The number of aromatic nitrogens is 3. The van der Waals surface area contributed by atoms with Crippen molar-refractivity contribution in [2.24, 2.45) is 5.14 Å². The van der Waals surface area contributed by atoms with E-state index in [4.69, 9.17) is 5.14 Å². The molecule has 11 heteroatoms. The summed E-state index contributed by atoms with van der Waals surface area (Å²) in [6.45, 7) is 0. The van der Waals surface area contributed by atoms with Gasteiger partial charge in [-0.2, -0.15) is 11.1 Å². The van der Waals surface area contributed by atoms with Gasteiger partial charge in [-0.3, -0.25) is 0 Å². The summed E-state index contributed by atoms with van der Waals surface area (Å²) in [5.41, 5.74) is 13.6. The molecule has 0 radical (unpaired) electrons. The minimum absolute atomic E-state index is 0.204. The average molecular weight is 346 g/mol. The third kappa shape index (κ3) is 2.54. The maximum absolute atomic E-state index is 12.0. The van der Waals surface area contributed by atoms with Gasteiger partial charge in [-0.25, -0.2) is 34.4 Å². The zero-order valence-corrected chi connectivity index (χ0v) is 13.1. The molecule has 3 aromatic rings. The minimum Gasteiger partial charge on any atom is -0.346 e. The summed E-state index contributed by atoms with van der Waals surface area (Å²) in [6, 6.07) is 5.53. The zero-order valence-electron chi connectivity index (χ0n) is 12.2. The van der Waals surface area contributed by atoms with Gasteiger partial charge >= 0.3 is 0 Å². The molecule has 24 heavy (non-hydrogen) atoms. The highest BCUT2D eigenvalue weighted by Gasteiger charge is 2.28. The number of hydrazine groups is 3. The van der Waals surface area contributed by atoms with E-state index in [1.165, 1.54) is 6.20 Å². The molecule has 1 saturated heterocycles. The molecule has 0 atom stereocenters. The number of nitrogens with two attached hydrogens (primary N) is 1. The highest BCUT2D eigenvalue weighted by molar-refractivity contribution is 7.89. The van der Waals surface area contributed by atoms with Gasteiger partial charge in [-0.1, -0.05) is 0 Å². The SMILES string of the molecule is NS(=O)(=O)c1nccc(-c2cnc3[nH]ccc3c2)c1C1NNNN1. The van der Waals surface area contributed by atoms with Crippen molar-refractivity contribution in [3.63, 3.8) is 0 Å². The normalized spacial score (nSPS) is 16.0. The van der Waals surface area contributed by atoms with Crippen LogP contribution >= 0.6 is 0 Å². The number of nitrogens with zero attached hydrogens (tertiary/aromatic N) is 2. The number of sulfonamides is 1. The molecule has 0 amide bonds. The Bertz CT molecular complexity index is 1010. The number of hydrogen-bond donors (Lipinski definition) is 6. The summed E-state index contributed by atoms with van der Waals surface area (Å²) in [6.07, 6.45) is 4.32. The number of fused-ring (bicyclic) bond motifs is 1. The van der Waals surface area contributed by atoms with Crippen molar-refractivity contribution in [1.82, 2.24) is 36.9 Å². The molecule has 0 aliphatic carbocycles. The van der Waals surface area contributed by atoms with Crippen molar-refractivity contribution in [3.8, 4) is 11.1 Å². The third-order valence-electron chi connectivity index (χ3n) is 3.72. The van der Waals surface area contributed by atoms with Crippen molar-refractivity contribution >= 4 is 21.1 Å². The Morgan fingerprint density at radius 1 is 1.12 bits per heavy atom. The lowest BCUT2D eigenvalue weighted by atomic mass is 10.0. The molecule has 0 bridgehead atoms. The molecule has 4 rings (SSSR count). The molecular weight excluding hydrogens is 332 g/mol. The van der Waals surface area contributed by atoms with Gasteiger partial charge in [0.25, 0.3) is 10.0 Å². The fourth-order valence-electron chi connectivity index (χ4n) is 2.70. The zero-order chi connectivity index (χ0) is 16.7. The van der Waals surface area contributed by atoms with Gasteiger partial charge in [0.2, 0.25) is 0 Å². The molecule has 0 saturated carbocycles. The Hall–Kier alpha value is -2.41. The van der Waals surface area contributed by atoms with Crippen LogP contribution in [0, 0.1) is 0 Å². The van der Waals surface area contributed by atoms with Crippen LogP contribution in [-0.2, 0) is 10.0 Å². The predicted octanol–water partition coefficient (Wildman–Crippen LogP) is -0.612. The Kier molecular flexibility index (Phi) is 3.53. The first-order valence-electron chi connectivity index (χ1n) is 7.00. The van der Waals surface area contributed by atoms with Crippen LogP contribution in [0.3, 0.4) is 0 Å². The van der Waals surface area contributed by atoms with Crippen molar-refractivity contribution in [1.29, 1.82) is 0 Å². The number of hydrogen-bond acceptors (Lipinski definition) is 8. The van der Waals surface area contributed by atoms with Gasteiger partial charge in [0.1, 0.15) is 11.8 Å². The van der Waals surface area contributed by atoms with Crippen LogP contribution in [0.4, 0.5) is 0 Å². The maximum atomic E-state index is 12.0. The van der Waals surface area contributed by atoms with Gasteiger partial charge < -0.3 is 4.98 Å². The van der Waals surface area contributed by atoms with Crippen LogP contribution in [-0.4, -0.2) is 23.4 Å². The second-order valence-electron chi connectivity index (χ2n) is 5.23. The van der Waals surface area contributed by atoms with E-state index >= 15 is 0 Å². The van der Waals surface area contributed by atoms with E-state index in [9.17, 15) is 8.42 Å². The number of H-pyrrole nitrogens is 1. The standard InChI is InChI=1S/C13H14N8O2S/c14-24(22,23)13-10(12-18-20-21-19-12)9(2-4-16-13)8-5-7-1-3-15-11(7)17-6-8/h1-6,12,18-21H,(H,15,17)(H2,14,22,23). The minimum atomic E-state index is -4.01. The fraction of sp³-hybridized carbons (Fsp3) is 0.0769. The number of pyridine rings is 2. The van der Waals surface area contributed by atoms with Crippen molar-refractivity contribution < 1.29 is 8.42 Å². The van der Waals surface area contributed by atoms with E-state index in [-0.39, 0.29) is 5.03 Å². The second-order valence-corrected chi connectivity index (χ2v) is 6.71. The Morgan fingerprint density at radius 3 is 2.67 bits per heavy atom. The van der Waals surface area contributed by atoms with Crippen molar-refractivity contribution in [3.05, 3.63) is 42.4 Å². The van der Waals surface area contributed by atoms with Gasteiger partial charge in [-0.15, -0.1) is 0 Å². The molecule has 7 N–H and O–H groups in total. The van der Waals surface area contributed by atoms with E-state index in [0.29, 0.717) is 11.1 Å². The van der Waals surface area contributed by atoms with E-state index in [1.807, 2.05) is 12.1 Å². The summed E-state index contributed by atoms with van der Waals surface area (Å²) in [4.78, 5) is 11.3. The highest BCUT2D eigenvalue weighted by Crippen LogP contribution is 2.32. The number of aromatic amines is 1. The largest absolute Gasteiger partial charge is 0.346 e. The topological polar surface area (TPSA) is 150 Å². The monoisotopic (exact) mass is 346 g/mol. The summed E-state index contributed by atoms with van der Waals surface area (Å²) in [5.74, 6) is 0. The lowest BCUT2D eigenvalue weighted by Crippen LogP contribution is -2.33. The van der Waals surface area contributed by atoms with Crippen LogP contribution in [0.2, 0.25) is 0 Å². The molecule has 4 heterocycles.